The molecule has 1 amide bonds. The maximum absolute atomic E-state index is 12.0. The van der Waals surface area contributed by atoms with E-state index in [9.17, 15) is 4.79 Å². The summed E-state index contributed by atoms with van der Waals surface area (Å²) in [5.74, 6) is 1.43. The lowest BCUT2D eigenvalue weighted by Crippen LogP contribution is -3.16. The molecule has 1 unspecified atom stereocenters. The van der Waals surface area contributed by atoms with Gasteiger partial charge in [-0.25, -0.2) is 0 Å². The normalized spacial score (nSPS) is 24.0. The van der Waals surface area contributed by atoms with Gasteiger partial charge in [0.15, 0.2) is 18.0 Å². The van der Waals surface area contributed by atoms with E-state index in [1.807, 2.05) is 24.3 Å². The van der Waals surface area contributed by atoms with Crippen LogP contribution in [0.2, 0.25) is 0 Å². The van der Waals surface area contributed by atoms with E-state index in [1.165, 1.54) is 4.90 Å². The zero-order valence-corrected chi connectivity index (χ0v) is 14.1. The molecule has 0 spiro atoms. The van der Waals surface area contributed by atoms with Gasteiger partial charge in [0.05, 0.1) is 13.7 Å². The fourth-order valence-electron chi connectivity index (χ4n) is 2.91. The van der Waals surface area contributed by atoms with Crippen molar-refractivity contribution in [2.75, 3.05) is 39.9 Å². The average molecular weight is 323 g/mol. The molecule has 23 heavy (non-hydrogen) atoms. The lowest BCUT2D eigenvalue weighted by atomic mass is 10.2. The van der Waals surface area contributed by atoms with E-state index in [-0.39, 0.29) is 18.1 Å². The second-order valence-electron chi connectivity index (χ2n) is 5.94. The van der Waals surface area contributed by atoms with Gasteiger partial charge in [0.2, 0.25) is 0 Å². The molecule has 1 fully saturated rings. The molecule has 0 aromatic heterocycles. The quantitative estimate of drug-likeness (QED) is 0.687. The highest BCUT2D eigenvalue weighted by Crippen LogP contribution is 2.25. The van der Waals surface area contributed by atoms with Crippen molar-refractivity contribution >= 4 is 5.91 Å². The van der Waals surface area contributed by atoms with Crippen molar-refractivity contribution in [3.8, 4) is 11.5 Å². The summed E-state index contributed by atoms with van der Waals surface area (Å²) in [4.78, 5) is 13.3. The summed E-state index contributed by atoms with van der Waals surface area (Å²) >= 11 is 0. The van der Waals surface area contributed by atoms with Crippen LogP contribution in [0.4, 0.5) is 0 Å². The molecule has 2 N–H and O–H groups in total. The number of benzene rings is 1. The van der Waals surface area contributed by atoms with Crippen molar-refractivity contribution in [3.63, 3.8) is 0 Å². The van der Waals surface area contributed by atoms with Crippen LogP contribution in [-0.2, 0) is 9.53 Å². The Morgan fingerprint density at radius 1 is 1.26 bits per heavy atom. The average Bonchev–Trinajstić information content (AvgIpc) is 2.51. The number of rotatable bonds is 7. The predicted molar refractivity (Wildman–Crippen MR) is 87.1 cm³/mol. The van der Waals surface area contributed by atoms with Crippen LogP contribution in [0.1, 0.15) is 13.8 Å². The third kappa shape index (κ3) is 5.73. The Morgan fingerprint density at radius 3 is 2.57 bits per heavy atom. The zero-order valence-electron chi connectivity index (χ0n) is 14.1. The molecule has 1 aromatic carbocycles. The first kappa shape index (κ1) is 17.6. The molecular weight excluding hydrogens is 296 g/mol. The number of hydrogen-bond acceptors (Lipinski definition) is 4. The summed E-state index contributed by atoms with van der Waals surface area (Å²) in [7, 11) is 1.61. The first-order valence-corrected chi connectivity index (χ1v) is 8.10. The first-order valence-electron chi connectivity index (χ1n) is 8.10. The highest BCUT2D eigenvalue weighted by atomic mass is 16.5. The van der Waals surface area contributed by atoms with Crippen LogP contribution in [0.5, 0.6) is 11.5 Å². The molecule has 6 heteroatoms. The number of amides is 1. The van der Waals surface area contributed by atoms with E-state index in [0.717, 1.165) is 13.1 Å². The monoisotopic (exact) mass is 323 g/mol. The Bertz CT molecular complexity index is 499. The summed E-state index contributed by atoms with van der Waals surface area (Å²) in [6.07, 6.45) is 0.408. The van der Waals surface area contributed by atoms with Gasteiger partial charge in [-0.05, 0) is 26.0 Å². The number of methoxy groups -OCH3 is 1. The number of ether oxygens (including phenoxy) is 3. The molecule has 1 heterocycles. The maximum Gasteiger partial charge on any atom is 0.275 e. The van der Waals surface area contributed by atoms with Crippen LogP contribution in [-0.4, -0.2) is 58.0 Å². The Kier molecular flexibility index (Phi) is 6.67. The van der Waals surface area contributed by atoms with E-state index >= 15 is 0 Å². The van der Waals surface area contributed by atoms with Crippen molar-refractivity contribution in [1.82, 2.24) is 5.32 Å². The summed E-state index contributed by atoms with van der Waals surface area (Å²) < 4.78 is 16.5. The lowest BCUT2D eigenvalue weighted by molar-refractivity contribution is -0.907. The summed E-state index contributed by atoms with van der Waals surface area (Å²) in [5, 5.41) is 2.90. The van der Waals surface area contributed by atoms with Gasteiger partial charge >= 0.3 is 0 Å². The van der Waals surface area contributed by atoms with Crippen LogP contribution < -0.4 is 19.7 Å². The molecule has 1 saturated heterocycles. The maximum atomic E-state index is 12.0. The molecule has 3 atom stereocenters. The van der Waals surface area contributed by atoms with E-state index in [4.69, 9.17) is 14.2 Å². The Balaban J connectivity index is 1.67. The van der Waals surface area contributed by atoms with Crippen LogP contribution in [0.3, 0.4) is 0 Å². The van der Waals surface area contributed by atoms with E-state index in [0.29, 0.717) is 31.2 Å². The van der Waals surface area contributed by atoms with Gasteiger partial charge in [-0.15, -0.1) is 0 Å². The predicted octanol–water partition coefficient (Wildman–Crippen LogP) is -0.118. The number of nitrogens with one attached hydrogen (secondary N) is 2. The highest BCUT2D eigenvalue weighted by Gasteiger charge is 2.26. The van der Waals surface area contributed by atoms with Crippen molar-refractivity contribution in [2.45, 2.75) is 26.1 Å². The Morgan fingerprint density at radius 2 is 1.91 bits per heavy atom. The van der Waals surface area contributed by atoms with Crippen molar-refractivity contribution in [3.05, 3.63) is 24.3 Å². The molecule has 2 rings (SSSR count). The highest BCUT2D eigenvalue weighted by molar-refractivity contribution is 5.76. The lowest BCUT2D eigenvalue weighted by Gasteiger charge is -2.31. The van der Waals surface area contributed by atoms with Gasteiger partial charge in [0.25, 0.3) is 5.91 Å². The molecule has 1 aliphatic heterocycles. The van der Waals surface area contributed by atoms with Crippen molar-refractivity contribution < 1.29 is 23.9 Å². The Labute approximate surface area is 137 Å². The summed E-state index contributed by atoms with van der Waals surface area (Å²) in [5.41, 5.74) is 0. The third-order valence-corrected chi connectivity index (χ3v) is 3.78. The summed E-state index contributed by atoms with van der Waals surface area (Å²) in [6.45, 7) is 7.21. The van der Waals surface area contributed by atoms with Gasteiger partial charge in [-0.3, -0.25) is 4.79 Å². The van der Waals surface area contributed by atoms with Gasteiger partial charge < -0.3 is 24.4 Å². The largest absolute Gasteiger partial charge is 0.493 e. The molecule has 0 radical (unpaired) electrons. The van der Waals surface area contributed by atoms with Crippen molar-refractivity contribution in [2.24, 2.45) is 0 Å². The van der Waals surface area contributed by atoms with Gasteiger partial charge in [0, 0.05) is 0 Å². The summed E-state index contributed by atoms with van der Waals surface area (Å²) in [6, 6.07) is 7.47. The third-order valence-electron chi connectivity index (χ3n) is 3.78. The van der Waals surface area contributed by atoms with Gasteiger partial charge in [-0.2, -0.15) is 0 Å². The minimum Gasteiger partial charge on any atom is -0.493 e. The molecule has 1 aliphatic rings. The number of morpholine rings is 1. The molecule has 6 nitrogen and oxygen atoms in total. The number of quaternary nitrogens is 1. The van der Waals surface area contributed by atoms with Gasteiger partial charge in [-0.1, -0.05) is 12.1 Å². The molecule has 0 saturated carbocycles. The molecule has 128 valence electrons. The topological polar surface area (TPSA) is 61.2 Å². The smallest absolute Gasteiger partial charge is 0.275 e. The SMILES string of the molecule is COc1ccccc1OCCNC(=O)C[NH+]1C[C@@H](C)O[C@@H](C)C1. The van der Waals surface area contributed by atoms with Crippen molar-refractivity contribution in [1.29, 1.82) is 0 Å². The first-order chi connectivity index (χ1) is 11.1. The molecule has 0 aliphatic carbocycles. The van der Waals surface area contributed by atoms with E-state index < -0.39 is 0 Å². The van der Waals surface area contributed by atoms with E-state index in [1.54, 1.807) is 7.11 Å². The fraction of sp³-hybridized carbons (Fsp3) is 0.588. The second-order valence-corrected chi connectivity index (χ2v) is 5.94. The molecular formula is C17H27N2O4+. The standard InChI is InChI=1S/C17H26N2O4/c1-13-10-19(11-14(2)23-13)12-17(20)18-8-9-22-16-7-5-4-6-15(16)21-3/h4-7,13-14H,8-12H2,1-3H3,(H,18,20)/p+1/t13-,14+. The number of carbonyl (C=O) groups excluding carboxylic acids is 1. The van der Waals surface area contributed by atoms with Crippen LogP contribution in [0, 0.1) is 0 Å². The Hall–Kier alpha value is -1.79. The van der Waals surface area contributed by atoms with Gasteiger partial charge in [0.1, 0.15) is 31.9 Å². The number of carbonyl (C=O) groups is 1. The number of para-hydroxylation sites is 2. The van der Waals surface area contributed by atoms with E-state index in [2.05, 4.69) is 19.2 Å². The number of hydrogen-bond donors (Lipinski definition) is 2. The van der Waals surface area contributed by atoms with Crippen LogP contribution in [0.25, 0.3) is 0 Å². The minimum absolute atomic E-state index is 0.0462. The zero-order chi connectivity index (χ0) is 16.7. The van der Waals surface area contributed by atoms with Crippen LogP contribution in [0.15, 0.2) is 24.3 Å². The molecule has 1 aromatic rings. The minimum atomic E-state index is 0.0462. The molecule has 0 bridgehead atoms. The fourth-order valence-corrected chi connectivity index (χ4v) is 2.91. The van der Waals surface area contributed by atoms with Crippen LogP contribution >= 0.6 is 0 Å². The second kappa shape index (κ2) is 8.74.